The molecule has 0 spiro atoms. The Labute approximate surface area is 193 Å². The van der Waals surface area contributed by atoms with E-state index in [1.165, 1.54) is 0 Å². The fourth-order valence-corrected chi connectivity index (χ4v) is 2.70. The Balaban J connectivity index is 1.72. The molecule has 0 heterocycles. The maximum absolute atomic E-state index is 11.9. The van der Waals surface area contributed by atoms with Crippen molar-refractivity contribution in [3.63, 3.8) is 0 Å². The molecule has 2 rings (SSSR count). The van der Waals surface area contributed by atoms with Crippen molar-refractivity contribution in [2.24, 2.45) is 0 Å². The third-order valence-corrected chi connectivity index (χ3v) is 4.21. The number of hydrogen-bond donors (Lipinski definition) is 3. The van der Waals surface area contributed by atoms with E-state index < -0.39 is 29.8 Å². The zero-order valence-corrected chi connectivity index (χ0v) is 19.0. The average Bonchev–Trinajstić information content (AvgIpc) is 2.75. The highest BCUT2D eigenvalue weighted by Crippen LogP contribution is 2.14. The third kappa shape index (κ3) is 10.4. The molecule has 1 atom stereocenters. The summed E-state index contributed by atoms with van der Waals surface area (Å²) in [6, 6.07) is 15.0. The molecule has 178 valence electrons. The number of nitrogens with one attached hydrogen (secondary N) is 2. The van der Waals surface area contributed by atoms with E-state index >= 15 is 0 Å². The number of alkyl carbamates (subject to hydrolysis) is 2. The summed E-state index contributed by atoms with van der Waals surface area (Å²) in [7, 11) is 0. The number of amides is 2. The number of carboxylic acids is 1. The first-order valence-corrected chi connectivity index (χ1v) is 10.5. The summed E-state index contributed by atoms with van der Waals surface area (Å²) < 4.78 is 15.8. The van der Waals surface area contributed by atoms with Crippen LogP contribution in [0, 0.1) is 0 Å². The van der Waals surface area contributed by atoms with Crippen molar-refractivity contribution in [2.75, 3.05) is 13.2 Å². The van der Waals surface area contributed by atoms with Gasteiger partial charge in [0.05, 0.1) is 6.54 Å². The van der Waals surface area contributed by atoms with Crippen LogP contribution in [0.5, 0.6) is 5.75 Å². The van der Waals surface area contributed by atoms with Crippen LogP contribution in [0.15, 0.2) is 54.6 Å². The molecule has 0 saturated carbocycles. The van der Waals surface area contributed by atoms with Crippen molar-refractivity contribution >= 4 is 18.2 Å². The zero-order valence-electron chi connectivity index (χ0n) is 19.0. The standard InChI is InChI=1S/C24H30N2O7/c1-24(2,3)33-23(30)26-20(21(27)28)15-17-9-11-19(12-10-17)31-14-13-25-22(29)32-16-18-7-5-4-6-8-18/h4-12,20H,13-16H2,1-3H3,(H,25,29)(H,26,30)(H,27,28). The summed E-state index contributed by atoms with van der Waals surface area (Å²) in [5.74, 6) is -0.600. The molecule has 9 nitrogen and oxygen atoms in total. The average molecular weight is 459 g/mol. The lowest BCUT2D eigenvalue weighted by Gasteiger charge is -2.22. The Morgan fingerprint density at radius 1 is 0.939 bits per heavy atom. The van der Waals surface area contributed by atoms with E-state index in [-0.39, 0.29) is 26.2 Å². The summed E-state index contributed by atoms with van der Waals surface area (Å²) in [5.41, 5.74) is 0.878. The van der Waals surface area contributed by atoms with Crippen molar-refractivity contribution in [3.8, 4) is 5.75 Å². The third-order valence-electron chi connectivity index (χ3n) is 4.21. The Bertz CT molecular complexity index is 909. The summed E-state index contributed by atoms with van der Waals surface area (Å²) in [6.07, 6.45) is -1.23. The highest BCUT2D eigenvalue weighted by Gasteiger charge is 2.24. The predicted octanol–water partition coefficient (Wildman–Crippen LogP) is 3.51. The van der Waals surface area contributed by atoms with Crippen LogP contribution in [0.3, 0.4) is 0 Å². The minimum absolute atomic E-state index is 0.0870. The number of carbonyl (C=O) groups is 3. The monoisotopic (exact) mass is 458 g/mol. The van der Waals surface area contributed by atoms with Gasteiger partial charge in [0.2, 0.25) is 0 Å². The molecular formula is C24H30N2O7. The molecule has 0 aromatic heterocycles. The maximum Gasteiger partial charge on any atom is 0.408 e. The molecule has 0 saturated heterocycles. The lowest BCUT2D eigenvalue weighted by atomic mass is 10.1. The van der Waals surface area contributed by atoms with Gasteiger partial charge in [0.15, 0.2) is 0 Å². The van der Waals surface area contributed by atoms with Crippen LogP contribution in [0.4, 0.5) is 9.59 Å². The van der Waals surface area contributed by atoms with Crippen molar-refractivity contribution < 1.29 is 33.7 Å². The minimum Gasteiger partial charge on any atom is -0.492 e. The quantitative estimate of drug-likeness (QED) is 0.466. The van der Waals surface area contributed by atoms with Gasteiger partial charge >= 0.3 is 18.2 Å². The molecule has 0 fully saturated rings. The van der Waals surface area contributed by atoms with Gasteiger partial charge in [-0.2, -0.15) is 0 Å². The van der Waals surface area contributed by atoms with E-state index in [1.807, 2.05) is 30.3 Å². The summed E-state index contributed by atoms with van der Waals surface area (Å²) >= 11 is 0. The molecule has 3 N–H and O–H groups in total. The molecule has 0 aliphatic heterocycles. The van der Waals surface area contributed by atoms with E-state index in [0.717, 1.165) is 5.56 Å². The number of ether oxygens (including phenoxy) is 3. The van der Waals surface area contributed by atoms with Crippen LogP contribution in [0.2, 0.25) is 0 Å². The highest BCUT2D eigenvalue weighted by atomic mass is 16.6. The van der Waals surface area contributed by atoms with Crippen LogP contribution in [-0.2, 0) is 27.3 Å². The van der Waals surface area contributed by atoms with Gasteiger partial charge in [-0.15, -0.1) is 0 Å². The van der Waals surface area contributed by atoms with Gasteiger partial charge in [0.1, 0.15) is 30.6 Å². The molecule has 2 amide bonds. The lowest BCUT2D eigenvalue weighted by molar-refractivity contribution is -0.139. The lowest BCUT2D eigenvalue weighted by Crippen LogP contribution is -2.44. The number of rotatable bonds is 10. The molecule has 2 aromatic rings. The minimum atomic E-state index is -1.16. The van der Waals surface area contributed by atoms with E-state index in [4.69, 9.17) is 14.2 Å². The number of benzene rings is 2. The second-order valence-electron chi connectivity index (χ2n) is 8.22. The largest absolute Gasteiger partial charge is 0.492 e. The van der Waals surface area contributed by atoms with Crippen LogP contribution in [-0.4, -0.2) is 48.1 Å². The Morgan fingerprint density at radius 2 is 1.61 bits per heavy atom. The van der Waals surface area contributed by atoms with Crippen molar-refractivity contribution in [1.29, 1.82) is 0 Å². The van der Waals surface area contributed by atoms with E-state index in [9.17, 15) is 19.5 Å². The second kappa shape index (κ2) is 12.3. The van der Waals surface area contributed by atoms with Crippen LogP contribution in [0.25, 0.3) is 0 Å². The molecule has 0 aliphatic rings. The molecule has 1 unspecified atom stereocenters. The first-order chi connectivity index (χ1) is 15.6. The molecular weight excluding hydrogens is 428 g/mol. The van der Waals surface area contributed by atoms with Crippen molar-refractivity contribution in [1.82, 2.24) is 10.6 Å². The first kappa shape index (κ1) is 25.5. The van der Waals surface area contributed by atoms with Gasteiger partial charge in [-0.3, -0.25) is 0 Å². The molecule has 0 aliphatic carbocycles. The Kier molecular flexibility index (Phi) is 9.53. The predicted molar refractivity (Wildman–Crippen MR) is 121 cm³/mol. The second-order valence-corrected chi connectivity index (χ2v) is 8.22. The van der Waals surface area contributed by atoms with Gasteiger partial charge < -0.3 is 30.0 Å². The fraction of sp³-hybridized carbons (Fsp3) is 0.375. The number of hydrogen-bond acceptors (Lipinski definition) is 6. The normalized spacial score (nSPS) is 11.7. The molecule has 2 aromatic carbocycles. The molecule has 9 heteroatoms. The summed E-state index contributed by atoms with van der Waals surface area (Å²) in [4.78, 5) is 35.1. The van der Waals surface area contributed by atoms with E-state index in [1.54, 1.807) is 45.0 Å². The van der Waals surface area contributed by atoms with Gasteiger partial charge in [0, 0.05) is 6.42 Å². The SMILES string of the molecule is CC(C)(C)OC(=O)NC(Cc1ccc(OCCNC(=O)OCc2ccccc2)cc1)C(=O)O. The smallest absolute Gasteiger partial charge is 0.408 e. The van der Waals surface area contributed by atoms with Crippen LogP contribution < -0.4 is 15.4 Å². The molecule has 0 radical (unpaired) electrons. The topological polar surface area (TPSA) is 123 Å². The Hall–Kier alpha value is -3.75. The summed E-state index contributed by atoms with van der Waals surface area (Å²) in [5, 5.41) is 14.4. The molecule has 33 heavy (non-hydrogen) atoms. The van der Waals surface area contributed by atoms with Gasteiger partial charge in [-0.05, 0) is 44.0 Å². The van der Waals surface area contributed by atoms with E-state index in [0.29, 0.717) is 11.3 Å². The first-order valence-electron chi connectivity index (χ1n) is 10.5. The van der Waals surface area contributed by atoms with Crippen molar-refractivity contribution in [2.45, 2.75) is 45.4 Å². The highest BCUT2D eigenvalue weighted by molar-refractivity contribution is 5.80. The number of carboxylic acid groups (broad SMARTS) is 1. The van der Waals surface area contributed by atoms with Gasteiger partial charge in [-0.25, -0.2) is 14.4 Å². The Morgan fingerprint density at radius 3 is 2.21 bits per heavy atom. The van der Waals surface area contributed by atoms with Crippen LogP contribution in [0.1, 0.15) is 31.9 Å². The zero-order chi connectivity index (χ0) is 24.3. The maximum atomic E-state index is 11.9. The fourth-order valence-electron chi connectivity index (χ4n) is 2.70. The van der Waals surface area contributed by atoms with E-state index in [2.05, 4.69) is 10.6 Å². The number of carbonyl (C=O) groups excluding carboxylic acids is 2. The molecule has 0 bridgehead atoms. The van der Waals surface area contributed by atoms with Crippen molar-refractivity contribution in [3.05, 3.63) is 65.7 Å². The van der Waals surface area contributed by atoms with Gasteiger partial charge in [-0.1, -0.05) is 42.5 Å². The van der Waals surface area contributed by atoms with Crippen LogP contribution >= 0.6 is 0 Å². The number of aliphatic carboxylic acids is 1. The summed E-state index contributed by atoms with van der Waals surface area (Å²) in [6.45, 7) is 5.78. The van der Waals surface area contributed by atoms with Gasteiger partial charge in [0.25, 0.3) is 0 Å².